The maximum Gasteiger partial charge on any atom is 0.309 e. The molecule has 2 aromatic heterocycles. The van der Waals surface area contributed by atoms with Gasteiger partial charge in [-0.3, -0.25) is 9.59 Å². The summed E-state index contributed by atoms with van der Waals surface area (Å²) in [5, 5.41) is 7.73. The van der Waals surface area contributed by atoms with Crippen molar-refractivity contribution in [3.05, 3.63) is 59.7 Å². The smallest absolute Gasteiger partial charge is 0.309 e. The number of esters is 1. The van der Waals surface area contributed by atoms with Gasteiger partial charge in [-0.25, -0.2) is 0 Å². The van der Waals surface area contributed by atoms with Crippen LogP contribution in [0.2, 0.25) is 0 Å². The van der Waals surface area contributed by atoms with Gasteiger partial charge in [0.25, 0.3) is 17.7 Å². The number of carbonyl (C=O) groups is 2. The first kappa shape index (κ1) is 18.9. The van der Waals surface area contributed by atoms with Crippen molar-refractivity contribution in [2.24, 2.45) is 5.92 Å². The molecule has 0 N–H and O–H groups in total. The Labute approximate surface area is 167 Å². The Morgan fingerprint density at radius 1 is 1.14 bits per heavy atom. The Bertz CT molecular complexity index is 987. The topological polar surface area (TPSA) is 98.7 Å². The molecule has 1 fully saturated rings. The molecule has 29 heavy (non-hydrogen) atoms. The first-order chi connectivity index (χ1) is 14.1. The Kier molecular flexibility index (Phi) is 5.41. The van der Waals surface area contributed by atoms with Crippen LogP contribution in [0.25, 0.3) is 11.7 Å². The average Bonchev–Trinajstić information content (AvgIpc) is 3.44. The molecule has 0 saturated carbocycles. The average molecular weight is 395 g/mol. The molecule has 1 saturated heterocycles. The summed E-state index contributed by atoms with van der Waals surface area (Å²) in [6, 6.07) is 10.9. The van der Waals surface area contributed by atoms with Crippen molar-refractivity contribution in [2.75, 3.05) is 13.1 Å². The molecule has 4 rings (SSSR count). The zero-order valence-electron chi connectivity index (χ0n) is 16.0. The lowest BCUT2D eigenvalue weighted by Crippen LogP contribution is -2.40. The SMILES string of the molecule is Cc1ccccc1C(=O)N1CCC(C(=O)OCc2nnc(-c3ccco3)o2)CC1. The van der Waals surface area contributed by atoms with Crippen LogP contribution in [0, 0.1) is 12.8 Å². The Morgan fingerprint density at radius 2 is 1.93 bits per heavy atom. The maximum absolute atomic E-state index is 12.7. The minimum atomic E-state index is -0.314. The molecule has 0 unspecified atom stereocenters. The molecule has 150 valence electrons. The van der Waals surface area contributed by atoms with E-state index in [4.69, 9.17) is 13.6 Å². The number of ether oxygens (including phenoxy) is 1. The standard InChI is InChI=1S/C21H21N3O5/c1-14-5-2-3-6-16(14)20(25)24-10-8-15(9-11-24)21(26)28-13-18-22-23-19(29-18)17-7-4-12-27-17/h2-7,12,15H,8-11,13H2,1H3. The van der Waals surface area contributed by atoms with Crippen molar-refractivity contribution in [3.8, 4) is 11.7 Å². The second-order valence-corrected chi connectivity index (χ2v) is 6.97. The van der Waals surface area contributed by atoms with Gasteiger partial charge in [-0.05, 0) is 43.5 Å². The molecule has 8 nitrogen and oxygen atoms in total. The zero-order chi connectivity index (χ0) is 20.2. The molecule has 0 atom stereocenters. The molecular formula is C21H21N3O5. The molecule has 1 aliphatic heterocycles. The van der Waals surface area contributed by atoms with Crippen molar-refractivity contribution < 1.29 is 23.2 Å². The molecular weight excluding hydrogens is 374 g/mol. The number of benzene rings is 1. The number of hydrogen-bond donors (Lipinski definition) is 0. The van der Waals surface area contributed by atoms with Crippen LogP contribution in [-0.4, -0.2) is 40.1 Å². The van der Waals surface area contributed by atoms with Gasteiger partial charge in [-0.1, -0.05) is 18.2 Å². The van der Waals surface area contributed by atoms with Crippen LogP contribution in [0.1, 0.15) is 34.7 Å². The highest BCUT2D eigenvalue weighted by atomic mass is 16.5. The maximum atomic E-state index is 12.7. The fourth-order valence-corrected chi connectivity index (χ4v) is 3.36. The summed E-state index contributed by atoms with van der Waals surface area (Å²) < 4.78 is 15.9. The van der Waals surface area contributed by atoms with E-state index >= 15 is 0 Å². The fraction of sp³-hybridized carbons (Fsp3) is 0.333. The van der Waals surface area contributed by atoms with Gasteiger partial charge in [0.2, 0.25) is 0 Å². The van der Waals surface area contributed by atoms with Crippen LogP contribution in [-0.2, 0) is 16.1 Å². The van der Waals surface area contributed by atoms with Crippen LogP contribution in [0.15, 0.2) is 51.5 Å². The van der Waals surface area contributed by atoms with Crippen LogP contribution in [0.3, 0.4) is 0 Å². The Balaban J connectivity index is 1.27. The summed E-state index contributed by atoms with van der Waals surface area (Å²) >= 11 is 0. The predicted octanol–water partition coefficient (Wildman–Crippen LogP) is 3.23. The molecule has 0 spiro atoms. The normalized spacial score (nSPS) is 14.7. The van der Waals surface area contributed by atoms with Gasteiger partial charge in [-0.15, -0.1) is 10.2 Å². The summed E-state index contributed by atoms with van der Waals surface area (Å²) in [5.74, 6) is 0.349. The number of piperidine rings is 1. The van der Waals surface area contributed by atoms with E-state index in [0.29, 0.717) is 37.3 Å². The minimum Gasteiger partial charge on any atom is -0.459 e. The fourth-order valence-electron chi connectivity index (χ4n) is 3.36. The monoisotopic (exact) mass is 395 g/mol. The number of aromatic nitrogens is 2. The van der Waals surface area contributed by atoms with E-state index < -0.39 is 0 Å². The number of furan rings is 1. The quantitative estimate of drug-likeness (QED) is 0.612. The third kappa shape index (κ3) is 4.21. The van der Waals surface area contributed by atoms with Crippen molar-refractivity contribution in [3.63, 3.8) is 0 Å². The highest BCUT2D eigenvalue weighted by molar-refractivity contribution is 5.95. The molecule has 3 aromatic rings. The highest BCUT2D eigenvalue weighted by Gasteiger charge is 2.29. The molecule has 0 aliphatic carbocycles. The first-order valence-corrected chi connectivity index (χ1v) is 9.49. The highest BCUT2D eigenvalue weighted by Crippen LogP contribution is 2.22. The van der Waals surface area contributed by atoms with Crippen molar-refractivity contribution in [1.82, 2.24) is 15.1 Å². The van der Waals surface area contributed by atoms with E-state index in [1.807, 2.05) is 31.2 Å². The molecule has 0 radical (unpaired) electrons. The van der Waals surface area contributed by atoms with Gasteiger partial charge >= 0.3 is 5.97 Å². The Hall–Kier alpha value is -3.42. The lowest BCUT2D eigenvalue weighted by Gasteiger charge is -2.31. The lowest BCUT2D eigenvalue weighted by molar-refractivity contribution is -0.152. The van der Waals surface area contributed by atoms with Crippen molar-refractivity contribution >= 4 is 11.9 Å². The minimum absolute atomic E-state index is 0.00577. The molecule has 1 aromatic carbocycles. The van der Waals surface area contributed by atoms with E-state index in [9.17, 15) is 9.59 Å². The van der Waals surface area contributed by atoms with Crippen LogP contribution < -0.4 is 0 Å². The summed E-state index contributed by atoms with van der Waals surface area (Å²) in [6.07, 6.45) is 2.64. The zero-order valence-corrected chi connectivity index (χ0v) is 16.0. The van der Waals surface area contributed by atoms with Gasteiger partial charge in [0.15, 0.2) is 12.4 Å². The summed E-state index contributed by atoms with van der Waals surface area (Å²) in [7, 11) is 0. The summed E-state index contributed by atoms with van der Waals surface area (Å²) in [6.45, 7) is 2.88. The molecule has 1 amide bonds. The number of amides is 1. The molecule has 8 heteroatoms. The molecule has 0 bridgehead atoms. The second-order valence-electron chi connectivity index (χ2n) is 6.97. The van der Waals surface area contributed by atoms with E-state index in [0.717, 1.165) is 5.56 Å². The van der Waals surface area contributed by atoms with Crippen LogP contribution >= 0.6 is 0 Å². The van der Waals surface area contributed by atoms with Gasteiger partial charge in [0, 0.05) is 18.7 Å². The molecule has 1 aliphatic rings. The van der Waals surface area contributed by atoms with E-state index in [1.165, 1.54) is 6.26 Å². The van der Waals surface area contributed by atoms with Crippen molar-refractivity contribution in [1.29, 1.82) is 0 Å². The van der Waals surface area contributed by atoms with Gasteiger partial charge in [-0.2, -0.15) is 0 Å². The largest absolute Gasteiger partial charge is 0.459 e. The van der Waals surface area contributed by atoms with E-state index in [-0.39, 0.29) is 36.2 Å². The van der Waals surface area contributed by atoms with Gasteiger partial charge < -0.3 is 18.5 Å². The third-order valence-corrected chi connectivity index (χ3v) is 5.03. The number of aryl methyl sites for hydroxylation is 1. The Morgan fingerprint density at radius 3 is 2.66 bits per heavy atom. The van der Waals surface area contributed by atoms with Gasteiger partial charge in [0.1, 0.15) is 0 Å². The van der Waals surface area contributed by atoms with E-state index in [2.05, 4.69) is 10.2 Å². The van der Waals surface area contributed by atoms with E-state index in [1.54, 1.807) is 17.0 Å². The number of hydrogen-bond acceptors (Lipinski definition) is 7. The van der Waals surface area contributed by atoms with Crippen molar-refractivity contribution in [2.45, 2.75) is 26.4 Å². The first-order valence-electron chi connectivity index (χ1n) is 9.49. The second kappa shape index (κ2) is 8.30. The van der Waals surface area contributed by atoms with Gasteiger partial charge in [0.05, 0.1) is 12.2 Å². The summed E-state index contributed by atoms with van der Waals surface area (Å²) in [5.41, 5.74) is 1.66. The lowest BCUT2D eigenvalue weighted by atomic mass is 9.96. The predicted molar refractivity (Wildman–Crippen MR) is 102 cm³/mol. The van der Waals surface area contributed by atoms with Crippen LogP contribution in [0.5, 0.6) is 0 Å². The number of nitrogens with zero attached hydrogens (tertiary/aromatic N) is 3. The molecule has 3 heterocycles. The number of likely N-dealkylation sites (tertiary alicyclic amines) is 1. The summed E-state index contributed by atoms with van der Waals surface area (Å²) in [4.78, 5) is 26.8. The number of carbonyl (C=O) groups excluding carboxylic acids is 2. The third-order valence-electron chi connectivity index (χ3n) is 5.03. The van der Waals surface area contributed by atoms with Crippen LogP contribution in [0.4, 0.5) is 0 Å². The number of rotatable bonds is 5.